The molecular weight excluding hydrogens is 262 g/mol. The van der Waals surface area contributed by atoms with Gasteiger partial charge in [0.2, 0.25) is 0 Å². The van der Waals surface area contributed by atoms with Crippen LogP contribution in [0.4, 0.5) is 0 Å². The number of likely N-dealkylation sites (tertiary alicyclic amines) is 1. The van der Waals surface area contributed by atoms with Gasteiger partial charge in [-0.1, -0.05) is 0 Å². The standard InChI is InChI=1S/C18H29NO2/c1-17(16(20)21)3-2-4-19(11-17)12-18-8-13-5-14(9-18)7-15(6-13)10-18/h13-15H,2-12H2,1H3,(H,20,21). The van der Waals surface area contributed by atoms with E-state index in [0.29, 0.717) is 5.41 Å². The number of hydrogen-bond donors (Lipinski definition) is 1. The summed E-state index contributed by atoms with van der Waals surface area (Å²) in [6.07, 6.45) is 10.7. The van der Waals surface area contributed by atoms with Crippen LogP contribution in [0.25, 0.3) is 0 Å². The minimum Gasteiger partial charge on any atom is -0.481 e. The summed E-state index contributed by atoms with van der Waals surface area (Å²) in [6, 6.07) is 0. The van der Waals surface area contributed by atoms with Gasteiger partial charge in [0.15, 0.2) is 0 Å². The molecule has 5 rings (SSSR count). The van der Waals surface area contributed by atoms with E-state index >= 15 is 0 Å². The lowest BCUT2D eigenvalue weighted by Gasteiger charge is -2.58. The highest BCUT2D eigenvalue weighted by Crippen LogP contribution is 2.60. The van der Waals surface area contributed by atoms with Crippen LogP contribution in [0.5, 0.6) is 0 Å². The predicted molar refractivity (Wildman–Crippen MR) is 82.0 cm³/mol. The molecule has 1 saturated heterocycles. The van der Waals surface area contributed by atoms with Crippen molar-refractivity contribution in [2.45, 2.75) is 58.3 Å². The van der Waals surface area contributed by atoms with Crippen molar-refractivity contribution in [1.29, 1.82) is 0 Å². The number of hydrogen-bond acceptors (Lipinski definition) is 2. The minimum atomic E-state index is -0.599. The summed E-state index contributed by atoms with van der Waals surface area (Å²) in [4.78, 5) is 14.1. The van der Waals surface area contributed by atoms with E-state index in [2.05, 4.69) is 4.90 Å². The Hall–Kier alpha value is -0.570. The second kappa shape index (κ2) is 4.71. The molecule has 1 atom stereocenters. The number of piperidine rings is 1. The molecule has 21 heavy (non-hydrogen) atoms. The van der Waals surface area contributed by atoms with Gasteiger partial charge in [0, 0.05) is 13.1 Å². The third-order valence-corrected chi connectivity index (χ3v) is 7.02. The van der Waals surface area contributed by atoms with Gasteiger partial charge >= 0.3 is 5.97 Å². The Morgan fingerprint density at radius 2 is 1.71 bits per heavy atom. The van der Waals surface area contributed by atoms with Gasteiger partial charge in [-0.25, -0.2) is 0 Å². The van der Waals surface area contributed by atoms with Crippen LogP contribution >= 0.6 is 0 Å². The zero-order valence-electron chi connectivity index (χ0n) is 13.3. The highest BCUT2D eigenvalue weighted by atomic mass is 16.4. The first-order valence-corrected chi connectivity index (χ1v) is 8.92. The fraction of sp³-hybridized carbons (Fsp3) is 0.944. The van der Waals surface area contributed by atoms with Crippen LogP contribution in [0.3, 0.4) is 0 Å². The highest BCUT2D eigenvalue weighted by molar-refractivity contribution is 5.74. The Kier molecular flexibility index (Phi) is 3.15. The van der Waals surface area contributed by atoms with Gasteiger partial charge in [-0.3, -0.25) is 4.79 Å². The fourth-order valence-corrected chi connectivity index (χ4v) is 6.61. The first-order valence-electron chi connectivity index (χ1n) is 8.92. The largest absolute Gasteiger partial charge is 0.481 e. The van der Waals surface area contributed by atoms with Gasteiger partial charge in [-0.05, 0) is 88.0 Å². The maximum atomic E-state index is 11.6. The number of rotatable bonds is 3. The monoisotopic (exact) mass is 291 g/mol. The van der Waals surface area contributed by atoms with E-state index in [4.69, 9.17) is 0 Å². The zero-order valence-corrected chi connectivity index (χ0v) is 13.3. The van der Waals surface area contributed by atoms with Crippen molar-refractivity contribution in [3.63, 3.8) is 0 Å². The maximum Gasteiger partial charge on any atom is 0.310 e. The molecule has 0 spiro atoms. The molecule has 0 aromatic carbocycles. The summed E-state index contributed by atoms with van der Waals surface area (Å²) in [5.74, 6) is 2.38. The van der Waals surface area contributed by atoms with Crippen LogP contribution < -0.4 is 0 Å². The van der Waals surface area contributed by atoms with Crippen LogP contribution in [-0.2, 0) is 4.79 Å². The topological polar surface area (TPSA) is 40.5 Å². The summed E-state index contributed by atoms with van der Waals surface area (Å²) in [5, 5.41) is 9.52. The maximum absolute atomic E-state index is 11.6. The quantitative estimate of drug-likeness (QED) is 0.866. The SMILES string of the molecule is CC1(C(=O)O)CCCN(CC23CC4CC(CC(C4)C2)C3)C1. The Morgan fingerprint density at radius 1 is 1.14 bits per heavy atom. The number of carboxylic acid groups (broad SMARTS) is 1. The second-order valence-electron chi connectivity index (χ2n) is 9.10. The van der Waals surface area contributed by atoms with Crippen molar-refractivity contribution >= 4 is 5.97 Å². The van der Waals surface area contributed by atoms with Crippen molar-refractivity contribution in [3.05, 3.63) is 0 Å². The Balaban J connectivity index is 1.47. The number of nitrogens with zero attached hydrogens (tertiary/aromatic N) is 1. The summed E-state index contributed by atoms with van der Waals surface area (Å²) in [7, 11) is 0. The molecule has 5 aliphatic rings. The molecule has 1 heterocycles. The molecule has 5 fully saturated rings. The van der Waals surface area contributed by atoms with Gasteiger partial charge in [0.1, 0.15) is 0 Å². The normalized spacial score (nSPS) is 49.5. The van der Waals surface area contributed by atoms with Gasteiger partial charge < -0.3 is 10.0 Å². The molecule has 0 aromatic rings. The summed E-state index contributed by atoms with van der Waals surface area (Å²) < 4.78 is 0. The van der Waals surface area contributed by atoms with Gasteiger partial charge in [0.25, 0.3) is 0 Å². The predicted octanol–water partition coefficient (Wildman–Crippen LogP) is 3.39. The summed E-state index contributed by atoms with van der Waals surface area (Å²) >= 11 is 0. The Bertz CT molecular complexity index is 411. The molecular formula is C18H29NO2. The third kappa shape index (κ3) is 2.42. The van der Waals surface area contributed by atoms with Crippen LogP contribution in [0.15, 0.2) is 0 Å². The van der Waals surface area contributed by atoms with E-state index in [1.807, 2.05) is 6.92 Å². The number of carbonyl (C=O) groups is 1. The third-order valence-electron chi connectivity index (χ3n) is 7.02. The van der Waals surface area contributed by atoms with Crippen molar-refractivity contribution in [2.75, 3.05) is 19.6 Å². The number of aliphatic carboxylic acids is 1. The molecule has 4 saturated carbocycles. The van der Waals surface area contributed by atoms with Crippen LogP contribution in [0, 0.1) is 28.6 Å². The molecule has 4 bridgehead atoms. The Labute approximate surface area is 128 Å². The second-order valence-corrected chi connectivity index (χ2v) is 9.10. The molecule has 1 unspecified atom stereocenters. The average molecular weight is 291 g/mol. The van der Waals surface area contributed by atoms with E-state index in [1.54, 1.807) is 0 Å². The van der Waals surface area contributed by atoms with Crippen molar-refractivity contribution in [2.24, 2.45) is 28.6 Å². The summed E-state index contributed by atoms with van der Waals surface area (Å²) in [6.45, 7) is 5.01. The molecule has 1 aliphatic heterocycles. The number of carboxylic acids is 1. The van der Waals surface area contributed by atoms with Gasteiger partial charge in [0.05, 0.1) is 5.41 Å². The van der Waals surface area contributed by atoms with E-state index in [1.165, 1.54) is 45.1 Å². The van der Waals surface area contributed by atoms with Crippen LogP contribution in [-0.4, -0.2) is 35.6 Å². The molecule has 0 amide bonds. The van der Waals surface area contributed by atoms with Crippen molar-refractivity contribution in [1.82, 2.24) is 4.90 Å². The summed E-state index contributed by atoms with van der Waals surface area (Å²) in [5.41, 5.74) is 0.0338. The van der Waals surface area contributed by atoms with Crippen molar-refractivity contribution < 1.29 is 9.90 Å². The van der Waals surface area contributed by atoms with Crippen LogP contribution in [0.2, 0.25) is 0 Å². The van der Waals surface area contributed by atoms with Crippen LogP contribution in [0.1, 0.15) is 58.3 Å². The minimum absolute atomic E-state index is 0.513. The van der Waals surface area contributed by atoms with Crippen molar-refractivity contribution in [3.8, 4) is 0 Å². The average Bonchev–Trinajstić information content (AvgIpc) is 2.36. The van der Waals surface area contributed by atoms with E-state index < -0.39 is 11.4 Å². The lowest BCUT2D eigenvalue weighted by atomic mass is 9.49. The van der Waals surface area contributed by atoms with Gasteiger partial charge in [-0.2, -0.15) is 0 Å². The first kappa shape index (κ1) is 14.0. The molecule has 3 nitrogen and oxygen atoms in total. The molecule has 4 aliphatic carbocycles. The smallest absolute Gasteiger partial charge is 0.310 e. The lowest BCUT2D eigenvalue weighted by Crippen LogP contribution is -2.54. The molecule has 0 aromatic heterocycles. The Morgan fingerprint density at radius 3 is 2.24 bits per heavy atom. The van der Waals surface area contributed by atoms with E-state index in [-0.39, 0.29) is 0 Å². The lowest BCUT2D eigenvalue weighted by molar-refractivity contribution is -0.152. The molecule has 118 valence electrons. The first-order chi connectivity index (χ1) is 9.96. The van der Waals surface area contributed by atoms with Gasteiger partial charge in [-0.15, -0.1) is 0 Å². The van der Waals surface area contributed by atoms with E-state index in [0.717, 1.165) is 43.7 Å². The highest BCUT2D eigenvalue weighted by Gasteiger charge is 2.52. The zero-order chi connectivity index (χ0) is 14.7. The molecule has 3 heteroatoms. The van der Waals surface area contributed by atoms with E-state index in [9.17, 15) is 9.90 Å². The molecule has 1 N–H and O–H groups in total. The fourth-order valence-electron chi connectivity index (χ4n) is 6.61. The molecule has 0 radical (unpaired) electrons.